The van der Waals surface area contributed by atoms with Gasteiger partial charge >= 0.3 is 0 Å². The van der Waals surface area contributed by atoms with Gasteiger partial charge in [0.2, 0.25) is 0 Å². The van der Waals surface area contributed by atoms with Crippen LogP contribution in [0.1, 0.15) is 19.8 Å². The van der Waals surface area contributed by atoms with Gasteiger partial charge in [0.05, 0.1) is 7.11 Å². The smallest absolute Gasteiger partial charge is 0.260 e. The lowest BCUT2D eigenvalue weighted by molar-refractivity contribution is -0.128. The Balaban J connectivity index is 1.25. The van der Waals surface area contributed by atoms with Crippen molar-refractivity contribution < 1.29 is 14.3 Å². The summed E-state index contributed by atoms with van der Waals surface area (Å²) in [5, 5.41) is 3.16. The van der Waals surface area contributed by atoms with Crippen LogP contribution in [0.2, 0.25) is 0 Å². The third kappa shape index (κ3) is 5.41. The number of piperidine rings is 1. The van der Waals surface area contributed by atoms with E-state index >= 15 is 0 Å². The van der Waals surface area contributed by atoms with E-state index in [1.807, 2.05) is 54.6 Å². The van der Waals surface area contributed by atoms with Gasteiger partial charge in [-0.1, -0.05) is 42.5 Å². The highest BCUT2D eigenvalue weighted by atomic mass is 16.5. The molecular formula is C27H30N2O3. The molecule has 5 nitrogen and oxygen atoms in total. The molecule has 4 rings (SSSR count). The number of hydrogen-bond acceptors (Lipinski definition) is 4. The van der Waals surface area contributed by atoms with E-state index in [0.717, 1.165) is 42.8 Å². The van der Waals surface area contributed by atoms with E-state index < -0.39 is 6.10 Å². The van der Waals surface area contributed by atoms with Crippen LogP contribution < -0.4 is 19.7 Å². The molecule has 0 radical (unpaired) electrons. The van der Waals surface area contributed by atoms with E-state index in [-0.39, 0.29) is 11.9 Å². The highest BCUT2D eigenvalue weighted by molar-refractivity contribution is 5.81. The van der Waals surface area contributed by atoms with Crippen molar-refractivity contribution in [3.05, 3.63) is 78.9 Å². The van der Waals surface area contributed by atoms with E-state index in [9.17, 15) is 4.79 Å². The molecule has 1 aliphatic heterocycles. The Morgan fingerprint density at radius 1 is 0.875 bits per heavy atom. The second kappa shape index (κ2) is 10.2. The second-order valence-electron chi connectivity index (χ2n) is 8.12. The largest absolute Gasteiger partial charge is 0.497 e. The van der Waals surface area contributed by atoms with Crippen molar-refractivity contribution >= 4 is 11.6 Å². The first-order chi connectivity index (χ1) is 15.6. The van der Waals surface area contributed by atoms with E-state index in [1.54, 1.807) is 14.0 Å². The predicted octanol–water partition coefficient (Wildman–Crippen LogP) is 4.91. The minimum atomic E-state index is -0.544. The number of rotatable bonds is 7. The van der Waals surface area contributed by atoms with Gasteiger partial charge in [-0.2, -0.15) is 0 Å². The molecule has 1 N–H and O–H groups in total. The van der Waals surface area contributed by atoms with Gasteiger partial charge in [-0.25, -0.2) is 0 Å². The minimum absolute atomic E-state index is 0.0694. The first kappa shape index (κ1) is 21.8. The number of nitrogens with zero attached hydrogens (tertiary/aromatic N) is 1. The third-order valence-corrected chi connectivity index (χ3v) is 5.92. The topological polar surface area (TPSA) is 50.8 Å². The maximum Gasteiger partial charge on any atom is 0.260 e. The summed E-state index contributed by atoms with van der Waals surface area (Å²) in [5.41, 5.74) is 3.47. The van der Waals surface area contributed by atoms with E-state index in [0.29, 0.717) is 5.75 Å². The van der Waals surface area contributed by atoms with Crippen molar-refractivity contribution in [2.75, 3.05) is 25.1 Å². The van der Waals surface area contributed by atoms with Gasteiger partial charge in [0.15, 0.2) is 6.10 Å². The van der Waals surface area contributed by atoms with Gasteiger partial charge in [-0.05, 0) is 67.3 Å². The lowest BCUT2D eigenvalue weighted by atomic mass is 10.0. The molecule has 166 valence electrons. The van der Waals surface area contributed by atoms with Crippen molar-refractivity contribution in [2.45, 2.75) is 31.9 Å². The van der Waals surface area contributed by atoms with Crippen LogP contribution in [-0.4, -0.2) is 38.3 Å². The highest BCUT2D eigenvalue weighted by Crippen LogP contribution is 2.24. The van der Waals surface area contributed by atoms with Crippen molar-refractivity contribution in [1.29, 1.82) is 0 Å². The highest BCUT2D eigenvalue weighted by Gasteiger charge is 2.23. The molecule has 32 heavy (non-hydrogen) atoms. The number of methoxy groups -OCH3 is 1. The lowest BCUT2D eigenvalue weighted by Gasteiger charge is -2.34. The van der Waals surface area contributed by atoms with Crippen molar-refractivity contribution in [3.63, 3.8) is 0 Å². The van der Waals surface area contributed by atoms with Crippen LogP contribution in [0.15, 0.2) is 78.9 Å². The van der Waals surface area contributed by atoms with Gasteiger partial charge in [0.25, 0.3) is 5.91 Å². The number of benzene rings is 3. The summed E-state index contributed by atoms with van der Waals surface area (Å²) < 4.78 is 11.1. The van der Waals surface area contributed by atoms with Crippen LogP contribution in [0.5, 0.6) is 11.5 Å². The molecule has 1 amide bonds. The number of carbonyl (C=O) groups is 1. The quantitative estimate of drug-likeness (QED) is 0.578. The maximum atomic E-state index is 12.7. The summed E-state index contributed by atoms with van der Waals surface area (Å²) in [7, 11) is 1.67. The molecule has 1 heterocycles. The second-order valence-corrected chi connectivity index (χ2v) is 8.12. The number of hydrogen-bond donors (Lipinski definition) is 1. The number of carbonyl (C=O) groups excluding carboxylic acids is 1. The zero-order valence-electron chi connectivity index (χ0n) is 18.7. The number of nitrogens with one attached hydrogen (secondary N) is 1. The number of anilines is 1. The first-order valence-corrected chi connectivity index (χ1v) is 11.1. The zero-order chi connectivity index (χ0) is 22.3. The Morgan fingerprint density at radius 3 is 2.09 bits per heavy atom. The molecular weight excluding hydrogens is 400 g/mol. The molecule has 0 saturated carbocycles. The van der Waals surface area contributed by atoms with Crippen LogP contribution in [0.3, 0.4) is 0 Å². The molecule has 3 aromatic carbocycles. The summed E-state index contributed by atoms with van der Waals surface area (Å²) in [6.07, 6.45) is 1.28. The van der Waals surface area contributed by atoms with E-state index in [2.05, 4.69) is 34.5 Å². The number of ether oxygens (including phenoxy) is 2. The van der Waals surface area contributed by atoms with Crippen LogP contribution in [0.4, 0.5) is 5.69 Å². The Labute approximate surface area is 190 Å². The Hall–Kier alpha value is -3.47. The molecule has 0 aliphatic carbocycles. The average Bonchev–Trinajstić information content (AvgIpc) is 2.85. The molecule has 3 aromatic rings. The van der Waals surface area contributed by atoms with Crippen molar-refractivity contribution in [1.82, 2.24) is 5.32 Å². The van der Waals surface area contributed by atoms with Gasteiger partial charge in [-0.3, -0.25) is 4.79 Å². The first-order valence-electron chi connectivity index (χ1n) is 11.1. The summed E-state index contributed by atoms with van der Waals surface area (Å²) in [5.74, 6) is 1.49. The Bertz CT molecular complexity index is 995. The third-order valence-electron chi connectivity index (χ3n) is 5.92. The predicted molar refractivity (Wildman–Crippen MR) is 128 cm³/mol. The van der Waals surface area contributed by atoms with Crippen LogP contribution in [0, 0.1) is 0 Å². The fraction of sp³-hybridized carbons (Fsp3) is 0.296. The fourth-order valence-electron chi connectivity index (χ4n) is 4.01. The molecule has 0 bridgehead atoms. The van der Waals surface area contributed by atoms with Crippen LogP contribution in [-0.2, 0) is 4.79 Å². The molecule has 1 aliphatic rings. The van der Waals surface area contributed by atoms with Gasteiger partial charge in [0, 0.05) is 24.8 Å². The fourth-order valence-corrected chi connectivity index (χ4v) is 4.01. The lowest BCUT2D eigenvalue weighted by Crippen LogP contribution is -2.48. The maximum absolute atomic E-state index is 12.7. The van der Waals surface area contributed by atoms with Gasteiger partial charge in [0.1, 0.15) is 11.5 Å². The summed E-state index contributed by atoms with van der Waals surface area (Å²) in [4.78, 5) is 15.0. The van der Waals surface area contributed by atoms with E-state index in [4.69, 9.17) is 9.47 Å². The zero-order valence-corrected chi connectivity index (χ0v) is 18.7. The Morgan fingerprint density at radius 2 is 1.47 bits per heavy atom. The standard InChI is InChI=1S/C27H30N2O3/c1-20(32-26-12-8-22(9-13-26)21-6-4-3-5-7-21)27(30)28-23-16-18-29(19-17-23)24-10-14-25(31-2)15-11-24/h3-15,20,23H,16-19H2,1-2H3,(H,28,30). The SMILES string of the molecule is COc1ccc(N2CCC(NC(=O)C(C)Oc3ccc(-c4ccccc4)cc3)CC2)cc1. The molecule has 1 saturated heterocycles. The molecule has 0 spiro atoms. The molecule has 1 atom stereocenters. The molecule has 5 heteroatoms. The molecule has 0 aromatic heterocycles. The van der Waals surface area contributed by atoms with Crippen LogP contribution >= 0.6 is 0 Å². The summed E-state index contributed by atoms with van der Waals surface area (Å²) in [6, 6.07) is 26.4. The average molecular weight is 431 g/mol. The normalized spacial score (nSPS) is 15.1. The monoisotopic (exact) mass is 430 g/mol. The molecule has 1 unspecified atom stereocenters. The van der Waals surface area contributed by atoms with Crippen molar-refractivity contribution in [3.8, 4) is 22.6 Å². The van der Waals surface area contributed by atoms with E-state index in [1.165, 1.54) is 5.69 Å². The van der Waals surface area contributed by atoms with Gasteiger partial charge < -0.3 is 19.7 Å². The van der Waals surface area contributed by atoms with Gasteiger partial charge in [-0.15, -0.1) is 0 Å². The summed E-state index contributed by atoms with van der Waals surface area (Å²) >= 11 is 0. The summed E-state index contributed by atoms with van der Waals surface area (Å²) in [6.45, 7) is 3.62. The number of amides is 1. The van der Waals surface area contributed by atoms with Crippen molar-refractivity contribution in [2.24, 2.45) is 0 Å². The molecule has 1 fully saturated rings. The Kier molecular flexibility index (Phi) is 6.95. The minimum Gasteiger partial charge on any atom is -0.497 e. The van der Waals surface area contributed by atoms with Crippen LogP contribution in [0.25, 0.3) is 11.1 Å².